The van der Waals surface area contributed by atoms with E-state index in [0.717, 1.165) is 53.1 Å². The van der Waals surface area contributed by atoms with Crippen molar-refractivity contribution < 1.29 is 9.53 Å². The third-order valence-electron chi connectivity index (χ3n) is 8.37. The van der Waals surface area contributed by atoms with E-state index in [1.807, 2.05) is 83.5 Å². The molecule has 2 fully saturated rings. The van der Waals surface area contributed by atoms with Crippen LogP contribution in [0, 0.1) is 0 Å². The van der Waals surface area contributed by atoms with Crippen LogP contribution in [-0.2, 0) is 6.54 Å². The van der Waals surface area contributed by atoms with E-state index >= 15 is 0 Å². The number of ether oxygens (including phenoxy) is 1. The van der Waals surface area contributed by atoms with Gasteiger partial charge in [0, 0.05) is 41.2 Å². The first-order chi connectivity index (χ1) is 19.7. The Morgan fingerprint density at radius 1 is 0.975 bits per heavy atom. The lowest BCUT2D eigenvalue weighted by Crippen LogP contribution is -2.43. The van der Waals surface area contributed by atoms with Gasteiger partial charge in [-0.1, -0.05) is 48.5 Å². The lowest BCUT2D eigenvalue weighted by atomic mass is 9.95. The number of nitrogens with zero attached hydrogens (tertiary/aromatic N) is 4. The van der Waals surface area contributed by atoms with Gasteiger partial charge in [0.25, 0.3) is 5.91 Å². The Hall–Kier alpha value is -4.49. The van der Waals surface area contributed by atoms with Gasteiger partial charge in [0.1, 0.15) is 5.75 Å². The van der Waals surface area contributed by atoms with Crippen LogP contribution in [0.5, 0.6) is 5.75 Å². The van der Waals surface area contributed by atoms with Crippen molar-refractivity contribution in [1.82, 2.24) is 25.0 Å². The lowest BCUT2D eigenvalue weighted by molar-refractivity contribution is 0.0925. The van der Waals surface area contributed by atoms with E-state index in [-0.39, 0.29) is 11.9 Å². The summed E-state index contributed by atoms with van der Waals surface area (Å²) in [6.45, 7) is 0.899. The van der Waals surface area contributed by atoms with Gasteiger partial charge in [-0.3, -0.25) is 9.69 Å². The summed E-state index contributed by atoms with van der Waals surface area (Å²) in [5.74, 6) is 1.59. The monoisotopic (exact) mass is 529 g/mol. The van der Waals surface area contributed by atoms with Gasteiger partial charge in [0.2, 0.25) is 0 Å². The van der Waals surface area contributed by atoms with Gasteiger partial charge >= 0.3 is 0 Å². The molecule has 2 aliphatic heterocycles. The minimum Gasteiger partial charge on any atom is -0.497 e. The number of benzene rings is 3. The molecule has 7 heteroatoms. The first kappa shape index (κ1) is 24.5. The summed E-state index contributed by atoms with van der Waals surface area (Å²) in [7, 11) is 1.69. The van der Waals surface area contributed by atoms with Gasteiger partial charge in [0.05, 0.1) is 24.5 Å². The molecule has 2 aromatic heterocycles. The maximum atomic E-state index is 13.4. The normalized spacial score (nSPS) is 20.2. The summed E-state index contributed by atoms with van der Waals surface area (Å²) in [6, 6.07) is 31.2. The van der Waals surface area contributed by atoms with Gasteiger partial charge in [-0.2, -0.15) is 5.10 Å². The van der Waals surface area contributed by atoms with Gasteiger partial charge in [-0.15, -0.1) is 0 Å². The van der Waals surface area contributed by atoms with E-state index in [4.69, 9.17) is 9.72 Å². The van der Waals surface area contributed by atoms with E-state index in [9.17, 15) is 4.79 Å². The first-order valence-corrected chi connectivity index (χ1v) is 13.9. The summed E-state index contributed by atoms with van der Waals surface area (Å²) < 4.78 is 7.13. The number of methoxy groups -OCH3 is 1. The molecule has 1 N–H and O–H groups in total. The van der Waals surface area contributed by atoms with Gasteiger partial charge in [0.15, 0.2) is 5.82 Å². The predicted octanol–water partition coefficient (Wildman–Crippen LogP) is 5.63. The molecule has 200 valence electrons. The van der Waals surface area contributed by atoms with Gasteiger partial charge in [-0.25, -0.2) is 9.67 Å². The molecular weight excluding hydrogens is 498 g/mol. The highest BCUT2D eigenvalue weighted by Gasteiger charge is 2.46. The van der Waals surface area contributed by atoms with Crippen LogP contribution in [0.25, 0.3) is 28.0 Å². The van der Waals surface area contributed by atoms with Crippen LogP contribution < -0.4 is 10.1 Å². The average molecular weight is 530 g/mol. The predicted molar refractivity (Wildman–Crippen MR) is 156 cm³/mol. The molecule has 0 unspecified atom stereocenters. The highest BCUT2D eigenvalue weighted by Crippen LogP contribution is 2.39. The number of hydrogen-bond donors (Lipinski definition) is 1. The minimum atomic E-state index is -0.0270. The molecule has 40 heavy (non-hydrogen) atoms. The second-order valence-corrected chi connectivity index (χ2v) is 10.7. The third kappa shape index (κ3) is 4.52. The lowest BCUT2D eigenvalue weighted by Gasteiger charge is -2.25. The number of rotatable bonds is 7. The quantitative estimate of drug-likeness (QED) is 0.296. The second-order valence-electron chi connectivity index (χ2n) is 10.7. The number of nitrogens with one attached hydrogen (secondary N) is 1. The zero-order chi connectivity index (χ0) is 27.1. The molecule has 3 aromatic carbocycles. The van der Waals surface area contributed by atoms with Gasteiger partial charge in [-0.05, 0) is 67.3 Å². The molecule has 2 saturated heterocycles. The summed E-state index contributed by atoms with van der Waals surface area (Å²) in [5, 5.41) is 8.86. The molecule has 2 aliphatic rings. The standard InChI is InChI=1S/C33H31N5O2/c1-40-27-14-10-22(11-15-27)21-37-26-13-17-31(37)29(19-26)36-33(39)24-12-16-30-25(18-24)20-34-38(30)32-9-5-8-28(35-32)23-6-3-2-4-7-23/h2-12,14-16,18,20,26,29,31H,13,17,19,21H2,1H3,(H,36,39)/t26-,29+,31+/m0/s1. The summed E-state index contributed by atoms with van der Waals surface area (Å²) in [4.78, 5) is 20.8. The maximum absolute atomic E-state index is 13.4. The van der Waals surface area contributed by atoms with Crippen LogP contribution in [0.1, 0.15) is 35.2 Å². The van der Waals surface area contributed by atoms with Crippen molar-refractivity contribution in [3.8, 4) is 22.8 Å². The van der Waals surface area contributed by atoms with E-state index in [2.05, 4.69) is 27.4 Å². The van der Waals surface area contributed by atoms with Crippen LogP contribution in [0.2, 0.25) is 0 Å². The van der Waals surface area contributed by atoms with Crippen molar-refractivity contribution in [3.63, 3.8) is 0 Å². The van der Waals surface area contributed by atoms with Crippen molar-refractivity contribution in [1.29, 1.82) is 0 Å². The molecule has 7 nitrogen and oxygen atoms in total. The molecule has 3 atom stereocenters. The number of fused-ring (bicyclic) bond motifs is 3. The largest absolute Gasteiger partial charge is 0.497 e. The number of aromatic nitrogens is 3. The molecule has 5 aromatic rings. The zero-order valence-corrected chi connectivity index (χ0v) is 22.4. The Bertz CT molecular complexity index is 1660. The van der Waals surface area contributed by atoms with E-state index < -0.39 is 0 Å². The Kier molecular flexibility index (Phi) is 6.28. The van der Waals surface area contributed by atoms with Crippen molar-refractivity contribution in [3.05, 3.63) is 108 Å². The van der Waals surface area contributed by atoms with Crippen LogP contribution in [0.15, 0.2) is 97.2 Å². The number of amides is 1. The van der Waals surface area contributed by atoms with Crippen LogP contribution >= 0.6 is 0 Å². The van der Waals surface area contributed by atoms with E-state index in [0.29, 0.717) is 17.6 Å². The maximum Gasteiger partial charge on any atom is 0.251 e. The molecule has 0 radical (unpaired) electrons. The van der Waals surface area contributed by atoms with E-state index in [1.54, 1.807) is 13.3 Å². The molecule has 7 rings (SSSR count). The molecule has 4 heterocycles. The fourth-order valence-electron chi connectivity index (χ4n) is 6.36. The van der Waals surface area contributed by atoms with Crippen molar-refractivity contribution in [2.45, 2.75) is 43.9 Å². The van der Waals surface area contributed by atoms with Crippen molar-refractivity contribution in [2.24, 2.45) is 0 Å². The summed E-state index contributed by atoms with van der Waals surface area (Å²) >= 11 is 0. The molecule has 0 saturated carbocycles. The van der Waals surface area contributed by atoms with Crippen molar-refractivity contribution in [2.75, 3.05) is 7.11 Å². The average Bonchev–Trinajstić information content (AvgIpc) is 3.70. The minimum absolute atomic E-state index is 0.0270. The Labute approximate surface area is 233 Å². The third-order valence-corrected chi connectivity index (χ3v) is 8.37. The smallest absolute Gasteiger partial charge is 0.251 e. The van der Waals surface area contributed by atoms with Crippen LogP contribution in [-0.4, -0.2) is 50.8 Å². The zero-order valence-electron chi connectivity index (χ0n) is 22.4. The Morgan fingerprint density at radius 3 is 2.65 bits per heavy atom. The summed E-state index contributed by atoms with van der Waals surface area (Å²) in [5.41, 5.74) is 4.80. The second kappa shape index (κ2) is 10.2. The topological polar surface area (TPSA) is 72.3 Å². The van der Waals surface area contributed by atoms with Gasteiger partial charge < -0.3 is 10.1 Å². The SMILES string of the molecule is COc1ccc(CN2[C@H]3CC[C@@H]2[C@H](NC(=O)c2ccc4c(cnn4-c4cccc(-c5ccccc5)n4)c2)C3)cc1. The molecule has 0 spiro atoms. The highest BCUT2D eigenvalue weighted by molar-refractivity contribution is 5.98. The number of hydrogen-bond acceptors (Lipinski definition) is 5. The molecule has 0 aliphatic carbocycles. The number of pyridine rings is 1. The molecule has 2 bridgehead atoms. The number of carbonyl (C=O) groups excluding carboxylic acids is 1. The molecular formula is C33H31N5O2. The fraction of sp³-hybridized carbons (Fsp3) is 0.242. The Morgan fingerprint density at radius 2 is 1.82 bits per heavy atom. The highest BCUT2D eigenvalue weighted by atomic mass is 16.5. The molecule has 1 amide bonds. The van der Waals surface area contributed by atoms with Crippen LogP contribution in [0.3, 0.4) is 0 Å². The fourth-order valence-corrected chi connectivity index (χ4v) is 6.36. The first-order valence-electron chi connectivity index (χ1n) is 13.9. The van der Waals surface area contributed by atoms with Crippen molar-refractivity contribution >= 4 is 16.8 Å². The Balaban J connectivity index is 1.06. The summed E-state index contributed by atoms with van der Waals surface area (Å²) in [6.07, 6.45) is 5.11. The number of carbonyl (C=O) groups is 1. The van der Waals surface area contributed by atoms with Crippen LogP contribution in [0.4, 0.5) is 0 Å². The van der Waals surface area contributed by atoms with E-state index in [1.165, 1.54) is 12.0 Å².